The Bertz CT molecular complexity index is 455. The van der Waals surface area contributed by atoms with Crippen LogP contribution in [-0.4, -0.2) is 61.0 Å². The predicted molar refractivity (Wildman–Crippen MR) is 94.9 cm³/mol. The largest absolute Gasteiger partial charge is 0.380 e. The van der Waals surface area contributed by atoms with Crippen LogP contribution in [0.2, 0.25) is 0 Å². The van der Waals surface area contributed by atoms with E-state index in [2.05, 4.69) is 47.0 Å². The summed E-state index contributed by atoms with van der Waals surface area (Å²) >= 11 is 0. The van der Waals surface area contributed by atoms with E-state index >= 15 is 0 Å². The van der Waals surface area contributed by atoms with Gasteiger partial charge in [-0.15, -0.1) is 5.10 Å². The fraction of sp³-hybridized carbons (Fsp3) is 0.778. The third-order valence-corrected chi connectivity index (χ3v) is 4.78. The molecule has 1 atom stereocenters. The zero-order valence-electron chi connectivity index (χ0n) is 15.3. The summed E-state index contributed by atoms with van der Waals surface area (Å²) in [5.74, 6) is 1.66. The topological polar surface area (TPSA) is 41.5 Å². The maximum Gasteiger partial charge on any atom is 0.151 e. The summed E-state index contributed by atoms with van der Waals surface area (Å²) in [5.41, 5.74) is 0.965. The van der Waals surface area contributed by atoms with E-state index in [9.17, 15) is 0 Å². The van der Waals surface area contributed by atoms with Crippen molar-refractivity contribution in [2.24, 2.45) is 5.92 Å². The number of nitrogens with zero attached hydrogens (tertiary/aromatic N) is 4. The van der Waals surface area contributed by atoms with E-state index < -0.39 is 0 Å². The molecule has 1 saturated heterocycles. The molecule has 0 radical (unpaired) electrons. The number of rotatable bonds is 7. The van der Waals surface area contributed by atoms with Crippen LogP contribution in [0.5, 0.6) is 0 Å². The maximum absolute atomic E-state index is 5.65. The molecule has 1 aliphatic rings. The van der Waals surface area contributed by atoms with Crippen LogP contribution in [0.25, 0.3) is 0 Å². The van der Waals surface area contributed by atoms with Crippen LogP contribution in [0, 0.1) is 12.8 Å². The van der Waals surface area contributed by atoms with Gasteiger partial charge in [0.25, 0.3) is 0 Å². The molecule has 23 heavy (non-hydrogen) atoms. The molecule has 0 aromatic carbocycles. The smallest absolute Gasteiger partial charge is 0.151 e. The van der Waals surface area contributed by atoms with Gasteiger partial charge in [0.2, 0.25) is 0 Å². The molecule has 2 rings (SSSR count). The highest BCUT2D eigenvalue weighted by molar-refractivity contribution is 5.37. The van der Waals surface area contributed by atoms with Gasteiger partial charge in [0.1, 0.15) is 0 Å². The minimum atomic E-state index is 0.354. The van der Waals surface area contributed by atoms with Gasteiger partial charge in [-0.25, -0.2) is 0 Å². The van der Waals surface area contributed by atoms with Crippen molar-refractivity contribution in [3.8, 4) is 0 Å². The van der Waals surface area contributed by atoms with Crippen LogP contribution in [0.15, 0.2) is 12.1 Å². The fourth-order valence-electron chi connectivity index (χ4n) is 3.32. The number of likely N-dealkylation sites (tertiary alicyclic amines) is 1. The summed E-state index contributed by atoms with van der Waals surface area (Å²) in [6.45, 7) is 9.80. The fourth-order valence-corrected chi connectivity index (χ4v) is 3.32. The van der Waals surface area contributed by atoms with Crippen LogP contribution in [0.4, 0.5) is 5.82 Å². The number of hydrogen-bond donors (Lipinski definition) is 0. The van der Waals surface area contributed by atoms with Gasteiger partial charge in [-0.2, -0.15) is 5.10 Å². The van der Waals surface area contributed by atoms with Gasteiger partial charge >= 0.3 is 0 Å². The number of hydrogen-bond acceptors (Lipinski definition) is 5. The van der Waals surface area contributed by atoms with E-state index in [1.165, 1.54) is 12.8 Å². The monoisotopic (exact) mass is 320 g/mol. The van der Waals surface area contributed by atoms with E-state index in [1.807, 2.05) is 20.1 Å². The summed E-state index contributed by atoms with van der Waals surface area (Å²) in [7, 11) is 3.97. The molecule has 1 fully saturated rings. The molecule has 1 unspecified atom stereocenters. The van der Waals surface area contributed by atoms with Gasteiger partial charge in [-0.1, -0.05) is 13.8 Å². The molecule has 130 valence electrons. The third-order valence-electron chi connectivity index (χ3n) is 4.78. The van der Waals surface area contributed by atoms with Crippen molar-refractivity contribution in [3.05, 3.63) is 17.8 Å². The molecule has 1 aliphatic heterocycles. The van der Waals surface area contributed by atoms with Crippen LogP contribution in [0.1, 0.15) is 38.8 Å². The highest BCUT2D eigenvalue weighted by atomic mass is 16.5. The number of methoxy groups -OCH3 is 1. The lowest BCUT2D eigenvalue weighted by atomic mass is 10.0. The van der Waals surface area contributed by atoms with Crippen molar-refractivity contribution < 1.29 is 4.74 Å². The summed E-state index contributed by atoms with van der Waals surface area (Å²) in [6.07, 6.45) is 3.83. The lowest BCUT2D eigenvalue weighted by Gasteiger charge is -2.38. The summed E-state index contributed by atoms with van der Waals surface area (Å²) in [4.78, 5) is 4.83. The second kappa shape index (κ2) is 8.60. The Hall–Kier alpha value is -1.20. The Kier molecular flexibility index (Phi) is 6.78. The SMILES string of the molecule is COC(CC(C)C)CN1CCC(N(C)c2ccc(C)nn2)CC1. The number of ether oxygens (including phenoxy) is 1. The molecular formula is C18H32N4O. The van der Waals surface area contributed by atoms with Crippen LogP contribution < -0.4 is 4.90 Å². The van der Waals surface area contributed by atoms with E-state index in [0.29, 0.717) is 18.1 Å². The van der Waals surface area contributed by atoms with Crippen molar-refractivity contribution in [1.82, 2.24) is 15.1 Å². The summed E-state index contributed by atoms with van der Waals surface area (Å²) < 4.78 is 5.65. The van der Waals surface area contributed by atoms with Crippen LogP contribution in [-0.2, 0) is 4.74 Å². The predicted octanol–water partition coefficient (Wildman–Crippen LogP) is 2.75. The maximum atomic E-state index is 5.65. The highest BCUT2D eigenvalue weighted by Crippen LogP contribution is 2.21. The van der Waals surface area contributed by atoms with Gasteiger partial charge in [0.15, 0.2) is 5.82 Å². The normalized spacial score (nSPS) is 18.3. The Morgan fingerprint density at radius 3 is 2.48 bits per heavy atom. The average Bonchev–Trinajstić information content (AvgIpc) is 2.54. The molecule has 1 aromatic rings. The van der Waals surface area contributed by atoms with Gasteiger partial charge in [0.05, 0.1) is 11.8 Å². The second-order valence-electron chi connectivity index (χ2n) is 7.16. The molecule has 0 aliphatic carbocycles. The Morgan fingerprint density at radius 1 is 1.26 bits per heavy atom. The molecular weight excluding hydrogens is 288 g/mol. The Balaban J connectivity index is 1.82. The molecule has 1 aromatic heterocycles. The Morgan fingerprint density at radius 2 is 1.96 bits per heavy atom. The third kappa shape index (κ3) is 5.43. The first-order chi connectivity index (χ1) is 11.0. The lowest BCUT2D eigenvalue weighted by Crippen LogP contribution is -2.46. The minimum absolute atomic E-state index is 0.354. The standard InChI is InChI=1S/C18H32N4O/c1-14(2)12-17(23-5)13-22-10-8-16(9-11-22)21(4)18-7-6-15(3)19-20-18/h6-7,14,16-17H,8-13H2,1-5H3. The Labute approximate surface area is 141 Å². The summed E-state index contributed by atoms with van der Waals surface area (Å²) in [6, 6.07) is 4.65. The number of aryl methyl sites for hydroxylation is 1. The lowest BCUT2D eigenvalue weighted by molar-refractivity contribution is 0.0421. The number of anilines is 1. The summed E-state index contributed by atoms with van der Waals surface area (Å²) in [5, 5.41) is 8.48. The first-order valence-corrected chi connectivity index (χ1v) is 8.78. The van der Waals surface area contributed by atoms with Gasteiger partial charge in [-0.05, 0) is 44.2 Å². The van der Waals surface area contributed by atoms with Crippen molar-refractivity contribution in [1.29, 1.82) is 0 Å². The second-order valence-corrected chi connectivity index (χ2v) is 7.16. The van der Waals surface area contributed by atoms with Gasteiger partial charge in [-0.3, -0.25) is 0 Å². The first-order valence-electron chi connectivity index (χ1n) is 8.78. The quantitative estimate of drug-likeness (QED) is 0.773. The molecule has 0 saturated carbocycles. The first kappa shape index (κ1) is 18.1. The molecule has 2 heterocycles. The number of piperidine rings is 1. The minimum Gasteiger partial charge on any atom is -0.380 e. The zero-order chi connectivity index (χ0) is 16.8. The zero-order valence-corrected chi connectivity index (χ0v) is 15.3. The molecule has 0 N–H and O–H groups in total. The van der Waals surface area contributed by atoms with E-state index in [0.717, 1.165) is 37.6 Å². The van der Waals surface area contributed by atoms with Crippen LogP contribution >= 0.6 is 0 Å². The van der Waals surface area contributed by atoms with Crippen molar-refractivity contribution in [2.45, 2.75) is 52.2 Å². The molecule has 5 heteroatoms. The van der Waals surface area contributed by atoms with Crippen molar-refractivity contribution in [3.63, 3.8) is 0 Å². The van der Waals surface area contributed by atoms with E-state index in [4.69, 9.17) is 4.74 Å². The van der Waals surface area contributed by atoms with E-state index in [-0.39, 0.29) is 0 Å². The highest BCUT2D eigenvalue weighted by Gasteiger charge is 2.25. The molecule has 0 spiro atoms. The number of aromatic nitrogens is 2. The van der Waals surface area contributed by atoms with E-state index in [1.54, 1.807) is 0 Å². The average molecular weight is 320 g/mol. The van der Waals surface area contributed by atoms with Crippen molar-refractivity contribution in [2.75, 3.05) is 38.7 Å². The molecule has 0 bridgehead atoms. The van der Waals surface area contributed by atoms with Crippen molar-refractivity contribution >= 4 is 5.82 Å². The molecule has 0 amide bonds. The molecule has 5 nitrogen and oxygen atoms in total. The van der Waals surface area contributed by atoms with Crippen LogP contribution in [0.3, 0.4) is 0 Å². The van der Waals surface area contributed by atoms with Gasteiger partial charge in [0, 0.05) is 39.8 Å². The van der Waals surface area contributed by atoms with Gasteiger partial charge < -0.3 is 14.5 Å².